The minimum absolute atomic E-state index is 0.0680. The first kappa shape index (κ1) is 37.0. The van der Waals surface area contributed by atoms with Crippen LogP contribution >= 0.6 is 14.5 Å². The van der Waals surface area contributed by atoms with E-state index in [-0.39, 0.29) is 65.5 Å². The van der Waals surface area contributed by atoms with Gasteiger partial charge in [-0.3, -0.25) is 18.4 Å². The molecule has 3 aliphatic rings. The summed E-state index contributed by atoms with van der Waals surface area (Å²) in [5, 5.41) is -0.302. The van der Waals surface area contributed by atoms with E-state index in [1.54, 1.807) is 6.33 Å². The summed E-state index contributed by atoms with van der Waals surface area (Å²) >= 11 is 5.48. The largest absolute Gasteiger partial charge is 0.472 e. The van der Waals surface area contributed by atoms with Gasteiger partial charge in [0.1, 0.15) is 35.8 Å². The summed E-state index contributed by atoms with van der Waals surface area (Å²) in [7, 11) is -7.50. The van der Waals surface area contributed by atoms with E-state index in [1.807, 2.05) is 38.4 Å². The monoisotopic (exact) mass is 810 g/mol. The van der Waals surface area contributed by atoms with Gasteiger partial charge in [0.05, 0.1) is 32.5 Å². The highest BCUT2D eigenvalue weighted by Crippen LogP contribution is 2.56. The van der Waals surface area contributed by atoms with Crippen LogP contribution < -0.4 is 11.3 Å². The zero-order valence-corrected chi connectivity index (χ0v) is 33.0. The quantitative estimate of drug-likeness (QED) is 0.150. The molecule has 9 atom stereocenters. The van der Waals surface area contributed by atoms with Gasteiger partial charge < -0.3 is 43.3 Å². The van der Waals surface area contributed by atoms with Gasteiger partial charge in [0.15, 0.2) is 31.5 Å². The summed E-state index contributed by atoms with van der Waals surface area (Å²) in [6.45, 7) is 5.67. The molecule has 3 fully saturated rings. The van der Waals surface area contributed by atoms with Crippen LogP contribution in [-0.4, -0.2) is 99.7 Å². The van der Waals surface area contributed by atoms with Gasteiger partial charge in [-0.05, 0) is 42.3 Å². The van der Waals surface area contributed by atoms with Gasteiger partial charge in [-0.1, -0.05) is 20.8 Å². The molecule has 2 aliphatic heterocycles. The lowest BCUT2D eigenvalue weighted by atomic mass is 9.70. The molecule has 0 radical (unpaired) electrons. The second kappa shape index (κ2) is 13.1. The number of fused-ring (bicyclic) bond motifs is 6. The lowest BCUT2D eigenvalue weighted by molar-refractivity contribution is -0.0490. The number of nitrogens with zero attached hydrogens (tertiary/aromatic N) is 8. The van der Waals surface area contributed by atoms with Gasteiger partial charge in [0.25, 0.3) is 5.56 Å². The van der Waals surface area contributed by atoms with Crippen molar-refractivity contribution in [3.05, 3.63) is 41.7 Å². The van der Waals surface area contributed by atoms with Crippen molar-refractivity contribution < 1.29 is 41.6 Å². The second-order valence-corrected chi connectivity index (χ2v) is 24.0. The average molecular weight is 811 g/mol. The Balaban J connectivity index is 1.16. The van der Waals surface area contributed by atoms with Crippen molar-refractivity contribution in [1.82, 2.24) is 43.4 Å². The van der Waals surface area contributed by atoms with Gasteiger partial charge in [0.2, 0.25) is 5.78 Å². The number of rotatable bonds is 4. The average Bonchev–Trinajstić information content (AvgIpc) is 3.86. The number of anilines is 1. The first-order valence-corrected chi connectivity index (χ1v) is 23.9. The minimum atomic E-state index is -4.84. The Hall–Kier alpha value is -2.98. The number of imidazole rings is 3. The number of phosphoric ester groups is 1. The van der Waals surface area contributed by atoms with Crippen LogP contribution in [0, 0.1) is 11.8 Å². The van der Waals surface area contributed by atoms with Crippen LogP contribution in [-0.2, 0) is 43.6 Å². The summed E-state index contributed by atoms with van der Waals surface area (Å²) < 4.78 is 55.5. The molecule has 286 valence electrons. The van der Waals surface area contributed by atoms with Crippen LogP contribution in [0.25, 0.3) is 28.1 Å². The fourth-order valence-corrected chi connectivity index (χ4v) is 10.3. The van der Waals surface area contributed by atoms with Gasteiger partial charge >= 0.3 is 14.5 Å². The Bertz CT molecular complexity index is 2360. The first-order valence-electron chi connectivity index (χ1n) is 16.9. The molecular weight excluding hydrogens is 770 g/mol. The van der Waals surface area contributed by atoms with E-state index in [9.17, 15) is 19.1 Å². The third-order valence-electron chi connectivity index (χ3n) is 10.8. The maximum Gasteiger partial charge on any atom is 0.472 e. The zero-order valence-electron chi connectivity index (χ0n) is 29.4. The molecule has 0 spiro atoms. The number of H-pyrrole nitrogens is 1. The van der Waals surface area contributed by atoms with Crippen LogP contribution in [0.1, 0.15) is 39.5 Å². The molecule has 8 rings (SSSR count). The topological polar surface area (TPSA) is 251 Å². The number of nitrogens with two attached hydrogens (primary N) is 1. The number of hydrogen-bond donors (Lipinski definition) is 4. The molecule has 2 bridgehead atoms. The molecule has 20 nitrogen and oxygen atoms in total. The van der Waals surface area contributed by atoms with Crippen molar-refractivity contribution in [2.75, 3.05) is 25.6 Å². The van der Waals surface area contributed by atoms with Gasteiger partial charge in [-0.2, -0.15) is 0 Å². The molecule has 2 unspecified atom stereocenters. The Labute approximate surface area is 308 Å². The smallest absolute Gasteiger partial charge is 0.408 e. The van der Waals surface area contributed by atoms with E-state index in [1.165, 1.54) is 34.0 Å². The van der Waals surface area contributed by atoms with Gasteiger partial charge in [0, 0.05) is 24.4 Å². The van der Waals surface area contributed by atoms with E-state index >= 15 is 0 Å². The molecule has 7 heterocycles. The van der Waals surface area contributed by atoms with Gasteiger partial charge in [-0.15, -0.1) is 0 Å². The number of ether oxygens (including phenoxy) is 1. The third-order valence-corrected chi connectivity index (χ3v) is 17.9. The second-order valence-electron chi connectivity index (χ2n) is 15.0. The highest BCUT2D eigenvalue weighted by atomic mass is 32.5. The molecule has 0 amide bonds. The Morgan fingerprint density at radius 2 is 1.77 bits per heavy atom. The standard InChI is InChI=1S/C29H40N10O10P2SSi/c1-29(2,3)53(4,5)49-21-18-11-46-51(43,52)45-10-16-15(8-17(16)38-13-34-19-23(30)32-12-33-24(19)38)9-44-50(41,42)48-22(21)27(47-18)39-14-35-20-25(39)36-28-31-6-7-37(28)26(20)40/h6-7,12-18,21-22,27H,8-11H2,1-5H3,(H,31,36)(H,41,42)(H,43,52)(H2,30,32,33)/t15-,16-,17-,18-,21-,22-,27-,51?/m1/s1. The third kappa shape index (κ3) is 6.61. The summed E-state index contributed by atoms with van der Waals surface area (Å²) in [5.74, 6) is -0.229. The van der Waals surface area contributed by atoms with Crippen molar-refractivity contribution in [2.24, 2.45) is 11.8 Å². The number of phosphoric acid groups is 1. The lowest BCUT2D eigenvalue weighted by Crippen LogP contribution is -2.50. The van der Waals surface area contributed by atoms with Crippen LogP contribution in [0.3, 0.4) is 0 Å². The highest BCUT2D eigenvalue weighted by Gasteiger charge is 2.55. The molecule has 24 heteroatoms. The molecule has 2 saturated heterocycles. The van der Waals surface area contributed by atoms with E-state index in [2.05, 4.69) is 29.9 Å². The summed E-state index contributed by atoms with van der Waals surface area (Å²) in [4.78, 5) is 60.3. The van der Waals surface area contributed by atoms with Crippen LogP contribution in [0.15, 0.2) is 36.2 Å². The van der Waals surface area contributed by atoms with E-state index in [0.717, 1.165) is 0 Å². The van der Waals surface area contributed by atoms with Crippen LogP contribution in [0.2, 0.25) is 18.1 Å². The van der Waals surface area contributed by atoms with Crippen molar-refractivity contribution in [3.63, 3.8) is 0 Å². The maximum atomic E-state index is 14.0. The normalized spacial score (nSPS) is 33.2. The molecule has 1 saturated carbocycles. The molecule has 1 aliphatic carbocycles. The zero-order chi connectivity index (χ0) is 37.7. The number of aromatic amines is 1. The number of nitrogen functional groups attached to an aromatic ring is 1. The van der Waals surface area contributed by atoms with Crippen LogP contribution in [0.5, 0.6) is 0 Å². The maximum absolute atomic E-state index is 14.0. The van der Waals surface area contributed by atoms with Gasteiger partial charge in [-0.25, -0.2) is 33.9 Å². The molecule has 53 heavy (non-hydrogen) atoms. The molecule has 0 aromatic carbocycles. The molecule has 5 aromatic heterocycles. The number of hydrogen-bond acceptors (Lipinski definition) is 15. The lowest BCUT2D eigenvalue weighted by Gasteiger charge is -2.45. The number of aromatic nitrogens is 9. The van der Waals surface area contributed by atoms with E-state index in [4.69, 9.17) is 44.8 Å². The van der Waals surface area contributed by atoms with Crippen LogP contribution in [0.4, 0.5) is 5.82 Å². The fraction of sp³-hybridized carbons (Fsp3) is 0.586. The fourth-order valence-electron chi connectivity index (χ4n) is 6.86. The molecule has 5 aromatic rings. The summed E-state index contributed by atoms with van der Waals surface area (Å²) in [5.41, 5.74) is 6.81. The Kier molecular flexibility index (Phi) is 9.11. The highest BCUT2D eigenvalue weighted by molar-refractivity contribution is 8.07. The summed E-state index contributed by atoms with van der Waals surface area (Å²) in [6.07, 6.45) is 3.20. The Morgan fingerprint density at radius 3 is 2.55 bits per heavy atom. The van der Waals surface area contributed by atoms with Crippen molar-refractivity contribution in [2.45, 2.75) is 75.9 Å². The van der Waals surface area contributed by atoms with Crippen molar-refractivity contribution >= 4 is 68.6 Å². The predicted molar refractivity (Wildman–Crippen MR) is 195 cm³/mol. The molecular formula is C29H40N10O10P2SSi. The Morgan fingerprint density at radius 1 is 1.04 bits per heavy atom. The minimum Gasteiger partial charge on any atom is -0.408 e. The summed E-state index contributed by atoms with van der Waals surface area (Å²) in [6, 6.07) is -0.255. The number of nitrogens with one attached hydrogen (secondary N) is 1. The predicted octanol–water partition coefficient (Wildman–Crippen LogP) is 3.03. The van der Waals surface area contributed by atoms with E-state index in [0.29, 0.717) is 17.6 Å². The molecule has 5 N–H and O–H groups in total. The first-order chi connectivity index (χ1) is 24.9. The van der Waals surface area contributed by atoms with Crippen molar-refractivity contribution in [1.29, 1.82) is 0 Å². The van der Waals surface area contributed by atoms with E-state index < -0.39 is 53.0 Å². The van der Waals surface area contributed by atoms with Crippen molar-refractivity contribution in [3.8, 4) is 0 Å². The SMILES string of the molecule is CC(C)(C)[Si](C)(C)O[C@H]1[C@H]2OP(=O)(O)OC[C@H]3C[C@@H](n4cnc5c(N)ncnc54)[C@@H]3COP(O)(=S)OC[C@H]1O[C@H]2n1cnc2c(=O)n3ccnc3[nH]c21.